The van der Waals surface area contributed by atoms with Crippen LogP contribution < -0.4 is 9.47 Å². The predicted octanol–water partition coefficient (Wildman–Crippen LogP) is 11.1. The van der Waals surface area contributed by atoms with Crippen LogP contribution in [0.15, 0.2) is 54.6 Å². The van der Waals surface area contributed by atoms with Gasteiger partial charge in [-0.05, 0) is 132 Å². The molecule has 8 bridgehead atoms. The minimum Gasteiger partial charge on any atom is -0.493 e. The number of aryl methyl sites for hydroxylation is 1. The van der Waals surface area contributed by atoms with E-state index in [-0.39, 0.29) is 0 Å². The molecule has 0 atom stereocenters. The normalized spacial score (nSPS) is 12.3. The van der Waals surface area contributed by atoms with Crippen molar-refractivity contribution >= 4 is 46.4 Å². The summed E-state index contributed by atoms with van der Waals surface area (Å²) in [4.78, 5) is 22.1. The Morgan fingerprint density at radius 1 is 0.545 bits per heavy atom. The molecule has 0 amide bonds. The van der Waals surface area contributed by atoms with Gasteiger partial charge >= 0.3 is 0 Å². The molecule has 0 fully saturated rings. The van der Waals surface area contributed by atoms with Crippen LogP contribution in [0.5, 0.6) is 11.5 Å². The number of unbranched alkanes of at least 4 members (excludes halogenated alkanes) is 8. The van der Waals surface area contributed by atoms with Gasteiger partial charge in [-0.1, -0.05) is 58.3 Å². The number of nitrogens with zero attached hydrogens (tertiary/aromatic N) is 4. The van der Waals surface area contributed by atoms with Crippen LogP contribution in [0.1, 0.15) is 106 Å². The number of fused-ring (bicyclic) bond motifs is 8. The molecule has 2 aliphatic heterocycles. The van der Waals surface area contributed by atoms with Crippen LogP contribution in [0.4, 0.5) is 0 Å². The Bertz CT molecular complexity index is 2040. The van der Waals surface area contributed by atoms with Crippen molar-refractivity contribution in [3.63, 3.8) is 0 Å². The molecule has 8 nitrogen and oxygen atoms in total. The molecular weight excluding hydrogens is 681 g/mol. The second-order valence-corrected chi connectivity index (χ2v) is 15.6. The Balaban J connectivity index is 1.36. The van der Waals surface area contributed by atoms with Gasteiger partial charge in [-0.2, -0.15) is 0 Å². The number of ether oxygens (including phenoxy) is 2. The zero-order valence-electron chi connectivity index (χ0n) is 33.9. The fraction of sp³-hybridized carbons (Fsp3) is 0.447. The Hall–Kier alpha value is -4.66. The van der Waals surface area contributed by atoms with Gasteiger partial charge < -0.3 is 29.2 Å². The summed E-state index contributed by atoms with van der Waals surface area (Å²) in [6.45, 7) is 5.45. The van der Waals surface area contributed by atoms with Gasteiger partial charge in [0.1, 0.15) is 11.5 Å². The van der Waals surface area contributed by atoms with Crippen LogP contribution >= 0.6 is 0 Å². The third-order valence-electron chi connectivity index (χ3n) is 10.2. The van der Waals surface area contributed by atoms with Crippen LogP contribution in [0, 0.1) is 0 Å². The molecule has 0 saturated heterocycles. The van der Waals surface area contributed by atoms with Crippen LogP contribution in [0.3, 0.4) is 0 Å². The highest BCUT2D eigenvalue weighted by atomic mass is 16.5. The fourth-order valence-electron chi connectivity index (χ4n) is 7.34. The van der Waals surface area contributed by atoms with Crippen LogP contribution in [-0.4, -0.2) is 84.2 Å². The van der Waals surface area contributed by atoms with E-state index in [1.807, 2.05) is 6.07 Å². The van der Waals surface area contributed by atoms with E-state index in [2.05, 4.69) is 128 Å². The molecule has 0 unspecified atom stereocenters. The number of hydrogen-bond acceptors (Lipinski definition) is 6. The van der Waals surface area contributed by atoms with Gasteiger partial charge in [0.2, 0.25) is 0 Å². The number of aromatic nitrogens is 4. The van der Waals surface area contributed by atoms with Crippen molar-refractivity contribution in [3.8, 4) is 22.6 Å². The minimum absolute atomic E-state index is 0.623. The lowest BCUT2D eigenvalue weighted by atomic mass is 10.0. The summed E-state index contributed by atoms with van der Waals surface area (Å²) in [7, 11) is 8.35. The van der Waals surface area contributed by atoms with Gasteiger partial charge in [0, 0.05) is 52.3 Å². The summed E-state index contributed by atoms with van der Waals surface area (Å²) >= 11 is 0. The third kappa shape index (κ3) is 11.9. The molecular formula is C47H62N6O2. The molecule has 8 heteroatoms. The summed E-state index contributed by atoms with van der Waals surface area (Å²) in [6, 6.07) is 19.1. The second-order valence-electron chi connectivity index (χ2n) is 15.6. The largest absolute Gasteiger partial charge is 0.493 e. The molecule has 6 rings (SSSR count). The quantitative estimate of drug-likeness (QED) is 0.0715. The number of benzene rings is 1. The van der Waals surface area contributed by atoms with E-state index in [0.29, 0.717) is 13.2 Å². The average molecular weight is 743 g/mol. The second kappa shape index (κ2) is 20.3. The Kier molecular flexibility index (Phi) is 14.8. The highest BCUT2D eigenvalue weighted by Crippen LogP contribution is 2.36. The first-order valence-corrected chi connectivity index (χ1v) is 20.6. The molecule has 4 aromatic rings. The average Bonchev–Trinajstić information content (AvgIpc) is 4.00. The minimum atomic E-state index is 0.623. The maximum Gasteiger partial charge on any atom is 0.123 e. The van der Waals surface area contributed by atoms with E-state index >= 15 is 0 Å². The summed E-state index contributed by atoms with van der Waals surface area (Å²) in [5.74, 6) is 1.58. The predicted molar refractivity (Wildman–Crippen MR) is 233 cm³/mol. The van der Waals surface area contributed by atoms with Crippen LogP contribution in [0.2, 0.25) is 0 Å². The number of aromatic amines is 2. The molecule has 0 spiro atoms. The molecule has 55 heavy (non-hydrogen) atoms. The molecule has 2 aliphatic rings. The molecule has 1 aromatic carbocycles. The lowest BCUT2D eigenvalue weighted by Crippen LogP contribution is -2.16. The molecule has 0 radical (unpaired) electrons. The molecule has 3 aromatic heterocycles. The molecule has 5 heterocycles. The zero-order chi connectivity index (χ0) is 38.4. The van der Waals surface area contributed by atoms with Gasteiger partial charge in [0.15, 0.2) is 0 Å². The third-order valence-corrected chi connectivity index (χ3v) is 10.2. The van der Waals surface area contributed by atoms with Crippen molar-refractivity contribution in [2.45, 2.75) is 84.0 Å². The summed E-state index contributed by atoms with van der Waals surface area (Å²) in [5, 5.41) is 0. The van der Waals surface area contributed by atoms with Crippen molar-refractivity contribution in [1.82, 2.24) is 29.7 Å². The van der Waals surface area contributed by atoms with Crippen LogP contribution in [0.25, 0.3) is 57.5 Å². The lowest BCUT2D eigenvalue weighted by molar-refractivity contribution is 0.270. The summed E-state index contributed by atoms with van der Waals surface area (Å²) < 4.78 is 12.7. The van der Waals surface area contributed by atoms with E-state index in [1.165, 1.54) is 56.9 Å². The highest BCUT2D eigenvalue weighted by Gasteiger charge is 2.15. The van der Waals surface area contributed by atoms with E-state index in [4.69, 9.17) is 19.4 Å². The fourth-order valence-corrected chi connectivity index (χ4v) is 7.34. The van der Waals surface area contributed by atoms with Crippen molar-refractivity contribution in [1.29, 1.82) is 0 Å². The lowest BCUT2D eigenvalue weighted by Gasteiger charge is -2.15. The van der Waals surface area contributed by atoms with Gasteiger partial charge in [-0.25, -0.2) is 9.97 Å². The zero-order valence-corrected chi connectivity index (χ0v) is 33.9. The standard InChI is InChI=1S/C47H62N6O2/c1-6-7-8-9-10-11-12-13-14-17-42-43-22-18-36(48-43)32-38-20-24-45(50-38)47(46-25-21-39(51-46)33-37-19-23-44(42)49-37)35-30-40(54-28-15-26-52(2)3)34-41(31-35)55-29-16-27-53(4)5/h18-25,30-34,48,51H,6-17,26-29H2,1-5H3. The maximum absolute atomic E-state index is 6.35. The van der Waals surface area contributed by atoms with Crippen molar-refractivity contribution in [2.24, 2.45) is 0 Å². The monoisotopic (exact) mass is 742 g/mol. The number of hydrogen-bond donors (Lipinski definition) is 2. The maximum atomic E-state index is 6.35. The smallest absolute Gasteiger partial charge is 0.123 e. The molecule has 292 valence electrons. The topological polar surface area (TPSA) is 82.3 Å². The molecule has 0 aliphatic carbocycles. The molecule has 2 N–H and O–H groups in total. The van der Waals surface area contributed by atoms with Gasteiger partial charge in [0.05, 0.1) is 36.0 Å². The number of nitrogens with one attached hydrogen (secondary N) is 2. The Morgan fingerprint density at radius 2 is 1.07 bits per heavy atom. The first kappa shape index (κ1) is 40.0. The first-order valence-electron chi connectivity index (χ1n) is 20.6. The number of H-pyrrole nitrogens is 2. The van der Waals surface area contributed by atoms with Gasteiger partial charge in [-0.15, -0.1) is 0 Å². The van der Waals surface area contributed by atoms with Gasteiger partial charge in [0.25, 0.3) is 0 Å². The number of rotatable bonds is 21. The Morgan fingerprint density at radius 3 is 1.67 bits per heavy atom. The van der Waals surface area contributed by atoms with Crippen molar-refractivity contribution < 1.29 is 9.47 Å². The molecule has 0 saturated carbocycles. The summed E-state index contributed by atoms with van der Waals surface area (Å²) in [6.07, 6.45) is 23.2. The van der Waals surface area contributed by atoms with E-state index in [0.717, 1.165) is 106 Å². The van der Waals surface area contributed by atoms with E-state index in [1.54, 1.807) is 0 Å². The SMILES string of the molecule is CCCCCCCCCCCc1c2nc(cc3ccc([nH]3)c(-c3cc(OCCCN(C)C)cc(OCCCN(C)C)c3)c3nc(cc4ccc1[nH]4)C=C3)C=C2. The van der Waals surface area contributed by atoms with Crippen molar-refractivity contribution in [2.75, 3.05) is 54.5 Å². The van der Waals surface area contributed by atoms with Gasteiger partial charge in [-0.3, -0.25) is 0 Å². The first-order chi connectivity index (χ1) is 26.8. The highest BCUT2D eigenvalue weighted by molar-refractivity contribution is 5.91. The van der Waals surface area contributed by atoms with E-state index < -0.39 is 0 Å². The Labute approximate surface area is 328 Å². The van der Waals surface area contributed by atoms with E-state index in [9.17, 15) is 0 Å². The van der Waals surface area contributed by atoms with Crippen molar-refractivity contribution in [3.05, 3.63) is 82.9 Å². The van der Waals surface area contributed by atoms with Crippen LogP contribution in [-0.2, 0) is 6.42 Å². The summed E-state index contributed by atoms with van der Waals surface area (Å²) in [5.41, 5.74) is 11.1.